The maximum atomic E-state index is 9.43. The molecular weight excluding hydrogens is 194 g/mol. The number of phenols is 1. The minimum Gasteiger partial charge on any atom is -0.504 e. The number of phenolic OH excluding ortho intramolecular Hbond substituents is 1. The zero-order chi connectivity index (χ0) is 11.1. The molecule has 0 radical (unpaired) electrons. The van der Waals surface area contributed by atoms with Crippen molar-refractivity contribution in [2.24, 2.45) is 4.99 Å². The summed E-state index contributed by atoms with van der Waals surface area (Å²) in [4.78, 5) is 3.98. The quantitative estimate of drug-likeness (QED) is 0.716. The fourth-order valence-corrected chi connectivity index (χ4v) is 1.11. The van der Waals surface area contributed by atoms with Gasteiger partial charge in [0.15, 0.2) is 11.5 Å². The summed E-state index contributed by atoms with van der Waals surface area (Å²) in [6.45, 7) is 2.77. The van der Waals surface area contributed by atoms with Crippen LogP contribution in [-0.2, 0) is 0 Å². The maximum Gasteiger partial charge on any atom is 0.161 e. The Labute approximate surface area is 88.9 Å². The van der Waals surface area contributed by atoms with E-state index in [1.165, 1.54) is 0 Å². The number of benzene rings is 1. The van der Waals surface area contributed by atoms with E-state index in [0.717, 1.165) is 5.56 Å². The van der Waals surface area contributed by atoms with E-state index in [9.17, 15) is 5.11 Å². The Balaban J connectivity index is 2.77. The summed E-state index contributed by atoms with van der Waals surface area (Å²) >= 11 is 0. The lowest BCUT2D eigenvalue weighted by molar-refractivity contribution is 0.307. The molecule has 0 saturated heterocycles. The molecule has 0 atom stereocenters. The highest BCUT2D eigenvalue weighted by Crippen LogP contribution is 2.26. The fourth-order valence-electron chi connectivity index (χ4n) is 1.11. The highest BCUT2D eigenvalue weighted by atomic mass is 16.5. The molecule has 0 aliphatic heterocycles. The van der Waals surface area contributed by atoms with Gasteiger partial charge < -0.3 is 14.9 Å². The Morgan fingerprint density at radius 3 is 2.93 bits per heavy atom. The molecule has 0 unspecified atom stereocenters. The van der Waals surface area contributed by atoms with Crippen molar-refractivity contribution in [2.75, 3.05) is 19.8 Å². The average molecular weight is 209 g/mol. The fraction of sp³-hybridized carbons (Fsp3) is 0.364. The second-order valence-electron chi connectivity index (χ2n) is 2.92. The van der Waals surface area contributed by atoms with Gasteiger partial charge in [-0.25, -0.2) is 0 Å². The summed E-state index contributed by atoms with van der Waals surface area (Å²) in [6, 6.07) is 5.00. The Bertz CT molecular complexity index is 337. The van der Waals surface area contributed by atoms with Crippen molar-refractivity contribution in [3.63, 3.8) is 0 Å². The number of aliphatic hydroxyl groups is 1. The monoisotopic (exact) mass is 209 g/mol. The molecule has 0 heterocycles. The van der Waals surface area contributed by atoms with Crippen molar-refractivity contribution in [1.29, 1.82) is 0 Å². The van der Waals surface area contributed by atoms with Crippen LogP contribution >= 0.6 is 0 Å². The van der Waals surface area contributed by atoms with Crippen LogP contribution in [0, 0.1) is 0 Å². The molecule has 82 valence electrons. The van der Waals surface area contributed by atoms with Crippen molar-refractivity contribution in [3.05, 3.63) is 23.8 Å². The highest BCUT2D eigenvalue weighted by molar-refractivity contribution is 5.80. The number of hydrogen-bond acceptors (Lipinski definition) is 4. The van der Waals surface area contributed by atoms with Gasteiger partial charge in [0.05, 0.1) is 19.8 Å². The summed E-state index contributed by atoms with van der Waals surface area (Å²) in [5.74, 6) is 0.571. The van der Waals surface area contributed by atoms with Gasteiger partial charge in [0.25, 0.3) is 0 Å². The van der Waals surface area contributed by atoms with Gasteiger partial charge in [-0.05, 0) is 30.7 Å². The third-order valence-corrected chi connectivity index (χ3v) is 1.75. The third-order valence-electron chi connectivity index (χ3n) is 1.75. The number of hydrogen-bond donors (Lipinski definition) is 2. The van der Waals surface area contributed by atoms with E-state index in [1.54, 1.807) is 24.4 Å². The molecule has 0 aromatic heterocycles. The number of aromatic hydroxyl groups is 1. The van der Waals surface area contributed by atoms with E-state index in [1.807, 2.05) is 6.92 Å². The van der Waals surface area contributed by atoms with Crippen LogP contribution in [0.1, 0.15) is 12.5 Å². The smallest absolute Gasteiger partial charge is 0.161 e. The first-order chi connectivity index (χ1) is 7.27. The Morgan fingerprint density at radius 1 is 1.47 bits per heavy atom. The largest absolute Gasteiger partial charge is 0.504 e. The van der Waals surface area contributed by atoms with Crippen molar-refractivity contribution in [2.45, 2.75) is 6.92 Å². The molecular formula is C11H15NO3. The molecule has 0 aliphatic carbocycles. The molecule has 1 aromatic rings. The molecule has 0 saturated carbocycles. The first-order valence-corrected chi connectivity index (χ1v) is 4.84. The van der Waals surface area contributed by atoms with Gasteiger partial charge in [-0.1, -0.05) is 0 Å². The van der Waals surface area contributed by atoms with Gasteiger partial charge in [0.1, 0.15) is 0 Å². The molecule has 0 bridgehead atoms. The van der Waals surface area contributed by atoms with Gasteiger partial charge in [0, 0.05) is 6.21 Å². The van der Waals surface area contributed by atoms with Gasteiger partial charge in [-0.2, -0.15) is 0 Å². The van der Waals surface area contributed by atoms with Crippen molar-refractivity contribution in [1.82, 2.24) is 0 Å². The lowest BCUT2D eigenvalue weighted by atomic mass is 10.2. The number of aliphatic imine (C=N–C) groups is 1. The highest BCUT2D eigenvalue weighted by Gasteiger charge is 2.01. The number of ether oxygens (including phenoxy) is 1. The maximum absolute atomic E-state index is 9.43. The first kappa shape index (κ1) is 11.5. The van der Waals surface area contributed by atoms with Crippen LogP contribution in [0.3, 0.4) is 0 Å². The number of nitrogens with zero attached hydrogens (tertiary/aromatic N) is 1. The van der Waals surface area contributed by atoms with Crippen LogP contribution in [0.5, 0.6) is 11.5 Å². The Morgan fingerprint density at radius 2 is 2.27 bits per heavy atom. The number of rotatable bonds is 5. The average Bonchev–Trinajstić information content (AvgIpc) is 2.23. The molecule has 0 amide bonds. The molecule has 0 fully saturated rings. The zero-order valence-electron chi connectivity index (χ0n) is 8.68. The van der Waals surface area contributed by atoms with Crippen molar-refractivity contribution >= 4 is 6.21 Å². The summed E-state index contributed by atoms with van der Waals surface area (Å²) in [7, 11) is 0. The van der Waals surface area contributed by atoms with Crippen LogP contribution in [0.25, 0.3) is 0 Å². The van der Waals surface area contributed by atoms with E-state index in [-0.39, 0.29) is 12.4 Å². The first-order valence-electron chi connectivity index (χ1n) is 4.84. The molecule has 4 nitrogen and oxygen atoms in total. The van der Waals surface area contributed by atoms with Crippen molar-refractivity contribution in [3.8, 4) is 11.5 Å². The van der Waals surface area contributed by atoms with Gasteiger partial charge in [-0.3, -0.25) is 4.99 Å². The summed E-state index contributed by atoms with van der Waals surface area (Å²) in [6.07, 6.45) is 1.64. The van der Waals surface area contributed by atoms with Crippen LogP contribution in [0.4, 0.5) is 0 Å². The molecule has 0 aliphatic rings. The predicted octanol–water partition coefficient (Wildman–Crippen LogP) is 1.20. The van der Waals surface area contributed by atoms with Gasteiger partial charge >= 0.3 is 0 Å². The summed E-state index contributed by atoms with van der Waals surface area (Å²) < 4.78 is 5.22. The second kappa shape index (κ2) is 6.03. The SMILES string of the molecule is CCOc1cc(/C=N/CCO)ccc1O. The summed E-state index contributed by atoms with van der Waals surface area (Å²) in [5, 5.41) is 18.0. The van der Waals surface area contributed by atoms with Crippen molar-refractivity contribution < 1.29 is 14.9 Å². The summed E-state index contributed by atoms with van der Waals surface area (Å²) in [5.41, 5.74) is 0.838. The second-order valence-corrected chi connectivity index (χ2v) is 2.92. The third kappa shape index (κ3) is 3.59. The zero-order valence-corrected chi connectivity index (χ0v) is 8.68. The van der Waals surface area contributed by atoms with Crippen LogP contribution < -0.4 is 4.74 Å². The Kier molecular flexibility index (Phi) is 4.63. The van der Waals surface area contributed by atoms with E-state index in [0.29, 0.717) is 18.9 Å². The standard InChI is InChI=1S/C11H15NO3/c1-2-15-11-7-9(3-4-10(11)14)8-12-5-6-13/h3-4,7-8,13-14H,2,5-6H2,1H3/b12-8+. The molecule has 0 spiro atoms. The van der Waals surface area contributed by atoms with Crippen LogP contribution in [0.2, 0.25) is 0 Å². The van der Waals surface area contributed by atoms with E-state index in [4.69, 9.17) is 9.84 Å². The molecule has 15 heavy (non-hydrogen) atoms. The molecule has 1 aromatic carbocycles. The van der Waals surface area contributed by atoms with Gasteiger partial charge in [0.2, 0.25) is 0 Å². The lowest BCUT2D eigenvalue weighted by Gasteiger charge is -2.05. The lowest BCUT2D eigenvalue weighted by Crippen LogP contribution is -1.94. The van der Waals surface area contributed by atoms with Crippen LogP contribution in [0.15, 0.2) is 23.2 Å². The Hall–Kier alpha value is -1.55. The van der Waals surface area contributed by atoms with E-state index < -0.39 is 0 Å². The molecule has 2 N–H and O–H groups in total. The van der Waals surface area contributed by atoms with E-state index in [2.05, 4.69) is 4.99 Å². The van der Waals surface area contributed by atoms with E-state index >= 15 is 0 Å². The minimum atomic E-state index is 0.0346. The van der Waals surface area contributed by atoms with Crippen LogP contribution in [-0.4, -0.2) is 36.2 Å². The normalized spacial score (nSPS) is 10.8. The van der Waals surface area contributed by atoms with Gasteiger partial charge in [-0.15, -0.1) is 0 Å². The predicted molar refractivity (Wildman–Crippen MR) is 58.8 cm³/mol. The topological polar surface area (TPSA) is 62.0 Å². The number of aliphatic hydroxyl groups excluding tert-OH is 1. The molecule has 4 heteroatoms. The minimum absolute atomic E-state index is 0.0346. The molecule has 1 rings (SSSR count).